The van der Waals surface area contributed by atoms with E-state index in [9.17, 15) is 8.42 Å². The third kappa shape index (κ3) is 3.33. The highest BCUT2D eigenvalue weighted by molar-refractivity contribution is 7.89. The van der Waals surface area contributed by atoms with E-state index in [0.29, 0.717) is 18.7 Å². The average molecular weight is 280 g/mol. The monoisotopic (exact) mass is 280 g/mol. The third-order valence-corrected chi connectivity index (χ3v) is 4.25. The maximum Gasteiger partial charge on any atom is 0.240 e. The zero-order valence-electron chi connectivity index (χ0n) is 10.6. The largest absolute Gasteiger partial charge is 0.399 e. The minimum Gasteiger partial charge on any atom is -0.399 e. The number of aromatic nitrogens is 2. The van der Waals surface area contributed by atoms with Gasteiger partial charge in [-0.3, -0.25) is 0 Å². The van der Waals surface area contributed by atoms with Crippen LogP contribution in [0.15, 0.2) is 35.6 Å². The van der Waals surface area contributed by atoms with Gasteiger partial charge in [-0.25, -0.2) is 18.1 Å². The molecule has 1 heterocycles. The van der Waals surface area contributed by atoms with Crippen molar-refractivity contribution in [3.63, 3.8) is 0 Å². The average Bonchev–Trinajstić information content (AvgIpc) is 2.85. The molecule has 1 aromatic heterocycles. The fourth-order valence-electron chi connectivity index (χ4n) is 1.64. The van der Waals surface area contributed by atoms with Crippen molar-refractivity contribution in [3.8, 4) is 0 Å². The van der Waals surface area contributed by atoms with Crippen LogP contribution in [0, 0.1) is 6.92 Å². The number of hydrogen-bond acceptors (Lipinski definition) is 4. The molecule has 0 fully saturated rings. The first-order valence-corrected chi connectivity index (χ1v) is 7.30. The highest BCUT2D eigenvalue weighted by atomic mass is 32.2. The zero-order chi connectivity index (χ0) is 13.9. The van der Waals surface area contributed by atoms with Gasteiger partial charge in [0.05, 0.1) is 11.2 Å². The van der Waals surface area contributed by atoms with E-state index in [1.165, 1.54) is 6.07 Å². The van der Waals surface area contributed by atoms with Crippen LogP contribution >= 0.6 is 0 Å². The Kier molecular flexibility index (Phi) is 3.87. The number of nitrogens with two attached hydrogens (primary N) is 1. The molecule has 0 spiro atoms. The number of rotatable bonds is 5. The zero-order valence-corrected chi connectivity index (χ0v) is 11.4. The predicted molar refractivity (Wildman–Crippen MR) is 73.1 cm³/mol. The predicted octanol–water partition coefficient (Wildman–Crippen LogP) is 0.821. The molecule has 0 bridgehead atoms. The molecule has 0 atom stereocenters. The van der Waals surface area contributed by atoms with Crippen molar-refractivity contribution in [2.75, 3.05) is 12.3 Å². The summed E-state index contributed by atoms with van der Waals surface area (Å²) >= 11 is 0. The number of sulfonamides is 1. The second-order valence-electron chi connectivity index (χ2n) is 4.24. The molecule has 7 heteroatoms. The van der Waals surface area contributed by atoms with Gasteiger partial charge in [-0.1, -0.05) is 0 Å². The van der Waals surface area contributed by atoms with Gasteiger partial charge >= 0.3 is 0 Å². The number of nitrogen functional groups attached to an aromatic ring is 1. The summed E-state index contributed by atoms with van der Waals surface area (Å²) in [6, 6.07) is 4.66. The van der Waals surface area contributed by atoms with Crippen LogP contribution in [-0.2, 0) is 16.4 Å². The van der Waals surface area contributed by atoms with E-state index in [1.54, 1.807) is 31.6 Å². The SMILES string of the molecule is Cc1cc(S(=O)(=O)NCCc2cnc[nH]2)ccc1N. The van der Waals surface area contributed by atoms with E-state index in [0.717, 1.165) is 11.3 Å². The highest BCUT2D eigenvalue weighted by Crippen LogP contribution is 2.16. The Balaban J connectivity index is 2.03. The molecule has 1 aromatic carbocycles. The van der Waals surface area contributed by atoms with E-state index in [-0.39, 0.29) is 4.90 Å². The van der Waals surface area contributed by atoms with Crippen LogP contribution in [-0.4, -0.2) is 24.9 Å². The molecule has 0 radical (unpaired) electrons. The summed E-state index contributed by atoms with van der Waals surface area (Å²) in [6.07, 6.45) is 3.79. The van der Waals surface area contributed by atoms with E-state index in [1.807, 2.05) is 0 Å². The van der Waals surface area contributed by atoms with Gasteiger partial charge in [-0.15, -0.1) is 0 Å². The van der Waals surface area contributed by atoms with Gasteiger partial charge in [0, 0.05) is 30.5 Å². The first kappa shape index (κ1) is 13.6. The molecule has 0 aliphatic rings. The molecule has 0 unspecified atom stereocenters. The molecule has 6 nitrogen and oxygen atoms in total. The van der Waals surface area contributed by atoms with E-state index >= 15 is 0 Å². The van der Waals surface area contributed by atoms with Crippen LogP contribution in [0.2, 0.25) is 0 Å². The summed E-state index contributed by atoms with van der Waals surface area (Å²) < 4.78 is 26.6. The summed E-state index contributed by atoms with van der Waals surface area (Å²) in [5.41, 5.74) is 7.88. The van der Waals surface area contributed by atoms with E-state index in [4.69, 9.17) is 5.73 Å². The van der Waals surface area contributed by atoms with Crippen molar-refractivity contribution >= 4 is 15.7 Å². The Hall–Kier alpha value is -1.86. The molecule has 0 aliphatic carbocycles. The number of aromatic amines is 1. The minimum absolute atomic E-state index is 0.226. The van der Waals surface area contributed by atoms with Crippen molar-refractivity contribution in [2.45, 2.75) is 18.2 Å². The van der Waals surface area contributed by atoms with Crippen LogP contribution in [0.4, 0.5) is 5.69 Å². The fraction of sp³-hybridized carbons (Fsp3) is 0.250. The van der Waals surface area contributed by atoms with Crippen molar-refractivity contribution in [3.05, 3.63) is 42.0 Å². The smallest absolute Gasteiger partial charge is 0.240 e. The summed E-state index contributed by atoms with van der Waals surface area (Å²) in [7, 11) is -3.49. The van der Waals surface area contributed by atoms with Gasteiger partial charge in [-0.05, 0) is 30.7 Å². The van der Waals surface area contributed by atoms with E-state index in [2.05, 4.69) is 14.7 Å². The molecule has 19 heavy (non-hydrogen) atoms. The lowest BCUT2D eigenvalue weighted by atomic mass is 10.2. The minimum atomic E-state index is -3.49. The van der Waals surface area contributed by atoms with E-state index < -0.39 is 10.0 Å². The first-order valence-electron chi connectivity index (χ1n) is 5.82. The van der Waals surface area contributed by atoms with Crippen LogP contribution in [0.5, 0.6) is 0 Å². The third-order valence-electron chi connectivity index (χ3n) is 2.79. The number of nitrogens with zero attached hydrogens (tertiary/aromatic N) is 1. The molecule has 2 aromatic rings. The van der Waals surface area contributed by atoms with Crippen LogP contribution in [0.25, 0.3) is 0 Å². The van der Waals surface area contributed by atoms with Gasteiger partial charge in [0.15, 0.2) is 0 Å². The second kappa shape index (κ2) is 5.41. The summed E-state index contributed by atoms with van der Waals surface area (Å²) in [4.78, 5) is 7.01. The summed E-state index contributed by atoms with van der Waals surface area (Å²) in [5, 5.41) is 0. The molecule has 102 valence electrons. The number of H-pyrrole nitrogens is 1. The van der Waals surface area contributed by atoms with Crippen LogP contribution in [0.1, 0.15) is 11.3 Å². The quantitative estimate of drug-likeness (QED) is 0.706. The molecular weight excluding hydrogens is 264 g/mol. The van der Waals surface area contributed by atoms with Gasteiger partial charge in [0.2, 0.25) is 10.0 Å². The summed E-state index contributed by atoms with van der Waals surface area (Å²) in [6.45, 7) is 2.09. The first-order chi connectivity index (χ1) is 8.99. The maximum atomic E-state index is 12.0. The lowest BCUT2D eigenvalue weighted by Gasteiger charge is -2.08. The summed E-state index contributed by atoms with van der Waals surface area (Å²) in [5.74, 6) is 0. The topological polar surface area (TPSA) is 101 Å². The molecule has 0 aliphatic heterocycles. The Morgan fingerprint density at radius 2 is 2.21 bits per heavy atom. The number of aryl methyl sites for hydroxylation is 1. The van der Waals surface area contributed by atoms with Crippen molar-refractivity contribution in [2.24, 2.45) is 0 Å². The van der Waals surface area contributed by atoms with Gasteiger partial charge < -0.3 is 10.7 Å². The lowest BCUT2D eigenvalue weighted by Crippen LogP contribution is -2.26. The van der Waals surface area contributed by atoms with Crippen LogP contribution < -0.4 is 10.5 Å². The van der Waals surface area contributed by atoms with Gasteiger partial charge in [0.25, 0.3) is 0 Å². The molecule has 0 amide bonds. The molecular formula is C12H16N4O2S. The van der Waals surface area contributed by atoms with Crippen LogP contribution in [0.3, 0.4) is 0 Å². The van der Waals surface area contributed by atoms with Crippen molar-refractivity contribution < 1.29 is 8.42 Å². The Morgan fingerprint density at radius 3 is 2.84 bits per heavy atom. The highest BCUT2D eigenvalue weighted by Gasteiger charge is 2.14. The number of nitrogens with one attached hydrogen (secondary N) is 2. The fourth-order valence-corrected chi connectivity index (χ4v) is 2.76. The van der Waals surface area contributed by atoms with Gasteiger partial charge in [0.1, 0.15) is 0 Å². The Morgan fingerprint density at radius 1 is 1.42 bits per heavy atom. The van der Waals surface area contributed by atoms with Crippen molar-refractivity contribution in [1.29, 1.82) is 0 Å². The standard InChI is InChI=1S/C12H16N4O2S/c1-9-6-11(2-3-12(9)13)19(17,18)16-5-4-10-7-14-8-15-10/h2-3,6-8,16H,4-5,13H2,1H3,(H,14,15). The second-order valence-corrected chi connectivity index (χ2v) is 6.01. The molecule has 0 saturated heterocycles. The number of imidazole rings is 1. The number of benzene rings is 1. The Labute approximate surface area is 112 Å². The molecule has 4 N–H and O–H groups in total. The lowest BCUT2D eigenvalue weighted by molar-refractivity contribution is 0.581. The molecule has 2 rings (SSSR count). The maximum absolute atomic E-state index is 12.0. The number of anilines is 1. The Bertz CT molecular complexity index is 650. The number of hydrogen-bond donors (Lipinski definition) is 3. The molecule has 0 saturated carbocycles. The van der Waals surface area contributed by atoms with Crippen molar-refractivity contribution in [1.82, 2.24) is 14.7 Å². The van der Waals surface area contributed by atoms with Gasteiger partial charge in [-0.2, -0.15) is 0 Å². The normalized spacial score (nSPS) is 11.6.